The molecule has 0 radical (unpaired) electrons. The number of halogens is 1. The molecule has 0 N–H and O–H groups in total. The Balaban J connectivity index is 1.88. The molecule has 0 aliphatic carbocycles. The Hall–Kier alpha value is -1.85. The van der Waals surface area contributed by atoms with E-state index in [1.807, 2.05) is 54.8 Å². The molecule has 0 atom stereocenters. The Morgan fingerprint density at radius 2 is 1.77 bits per heavy atom. The van der Waals surface area contributed by atoms with Gasteiger partial charge in [0.2, 0.25) is 5.90 Å². The molecule has 3 rings (SSSR count). The van der Waals surface area contributed by atoms with Crippen LogP contribution in [0.15, 0.2) is 68.6 Å². The van der Waals surface area contributed by atoms with Gasteiger partial charge in [-0.05, 0) is 54.3 Å². The standard InChI is InChI=1S/C17H12BrNO2S/c1-22-14-8-2-11(3-9-14)10-15-17(20)21-16(19-15)12-4-6-13(18)7-5-12/h2-10H,1H3/b15-10+. The molecular weight excluding hydrogens is 362 g/mol. The number of ether oxygens (including phenoxy) is 1. The molecule has 22 heavy (non-hydrogen) atoms. The maximum Gasteiger partial charge on any atom is 0.363 e. The van der Waals surface area contributed by atoms with Crippen molar-refractivity contribution in [2.75, 3.05) is 6.26 Å². The van der Waals surface area contributed by atoms with Crippen molar-refractivity contribution in [2.24, 2.45) is 4.99 Å². The number of thioether (sulfide) groups is 1. The largest absolute Gasteiger partial charge is 0.402 e. The zero-order chi connectivity index (χ0) is 15.5. The lowest BCUT2D eigenvalue weighted by Gasteiger charge is -1.98. The topological polar surface area (TPSA) is 38.7 Å². The molecule has 0 saturated heterocycles. The second-order valence-electron chi connectivity index (χ2n) is 4.62. The molecule has 5 heteroatoms. The summed E-state index contributed by atoms with van der Waals surface area (Å²) in [7, 11) is 0. The van der Waals surface area contributed by atoms with Crippen LogP contribution in [-0.4, -0.2) is 18.1 Å². The lowest BCUT2D eigenvalue weighted by atomic mass is 10.2. The van der Waals surface area contributed by atoms with E-state index in [4.69, 9.17) is 4.74 Å². The van der Waals surface area contributed by atoms with Crippen LogP contribution < -0.4 is 0 Å². The van der Waals surface area contributed by atoms with Crippen molar-refractivity contribution in [3.63, 3.8) is 0 Å². The fourth-order valence-electron chi connectivity index (χ4n) is 1.98. The number of aliphatic imine (C=N–C) groups is 1. The van der Waals surface area contributed by atoms with E-state index in [9.17, 15) is 4.79 Å². The summed E-state index contributed by atoms with van der Waals surface area (Å²) < 4.78 is 6.20. The van der Waals surface area contributed by atoms with Crippen LogP contribution >= 0.6 is 27.7 Å². The van der Waals surface area contributed by atoms with Crippen LogP contribution in [0.2, 0.25) is 0 Å². The lowest BCUT2D eigenvalue weighted by molar-refractivity contribution is -0.129. The van der Waals surface area contributed by atoms with Crippen molar-refractivity contribution in [1.82, 2.24) is 0 Å². The van der Waals surface area contributed by atoms with Crippen LogP contribution in [0.4, 0.5) is 0 Å². The minimum absolute atomic E-state index is 0.315. The van der Waals surface area contributed by atoms with Crippen LogP contribution in [0.25, 0.3) is 6.08 Å². The Kier molecular flexibility index (Phi) is 4.45. The van der Waals surface area contributed by atoms with Crippen molar-refractivity contribution in [2.45, 2.75) is 4.90 Å². The Morgan fingerprint density at radius 3 is 2.41 bits per heavy atom. The Morgan fingerprint density at radius 1 is 1.09 bits per heavy atom. The normalized spacial score (nSPS) is 15.8. The molecule has 2 aromatic rings. The van der Waals surface area contributed by atoms with E-state index in [-0.39, 0.29) is 0 Å². The monoisotopic (exact) mass is 373 g/mol. The minimum Gasteiger partial charge on any atom is -0.402 e. The van der Waals surface area contributed by atoms with E-state index < -0.39 is 5.97 Å². The predicted molar refractivity (Wildman–Crippen MR) is 93.0 cm³/mol. The Labute approximate surface area is 141 Å². The first-order valence-corrected chi connectivity index (χ1v) is 8.60. The summed E-state index contributed by atoms with van der Waals surface area (Å²) in [6.45, 7) is 0. The van der Waals surface area contributed by atoms with Crippen molar-refractivity contribution < 1.29 is 9.53 Å². The first kappa shape index (κ1) is 15.1. The van der Waals surface area contributed by atoms with Crippen LogP contribution in [0.3, 0.4) is 0 Å². The van der Waals surface area contributed by atoms with Gasteiger partial charge in [0.15, 0.2) is 5.70 Å². The van der Waals surface area contributed by atoms with Gasteiger partial charge >= 0.3 is 5.97 Å². The average Bonchev–Trinajstić information content (AvgIpc) is 2.90. The molecule has 0 bridgehead atoms. The van der Waals surface area contributed by atoms with Crippen molar-refractivity contribution in [3.05, 3.63) is 69.8 Å². The van der Waals surface area contributed by atoms with E-state index in [1.54, 1.807) is 17.8 Å². The van der Waals surface area contributed by atoms with Gasteiger partial charge < -0.3 is 4.74 Å². The molecule has 1 aliphatic heterocycles. The maximum atomic E-state index is 11.9. The molecule has 0 amide bonds. The molecule has 0 spiro atoms. The number of hydrogen-bond acceptors (Lipinski definition) is 4. The lowest BCUT2D eigenvalue weighted by Crippen LogP contribution is -2.05. The number of carbonyl (C=O) groups is 1. The Bertz CT molecular complexity index is 764. The van der Waals surface area contributed by atoms with Gasteiger partial charge in [-0.2, -0.15) is 0 Å². The van der Waals surface area contributed by atoms with Crippen molar-refractivity contribution in [1.29, 1.82) is 0 Å². The highest BCUT2D eigenvalue weighted by Crippen LogP contribution is 2.21. The first-order valence-electron chi connectivity index (χ1n) is 6.58. The van der Waals surface area contributed by atoms with Gasteiger partial charge in [0.05, 0.1) is 0 Å². The van der Waals surface area contributed by atoms with E-state index in [0.29, 0.717) is 11.6 Å². The number of rotatable bonds is 3. The number of benzene rings is 2. The van der Waals surface area contributed by atoms with Gasteiger partial charge in [-0.3, -0.25) is 0 Å². The summed E-state index contributed by atoms with van der Waals surface area (Å²) in [5.41, 5.74) is 2.01. The number of nitrogens with zero attached hydrogens (tertiary/aromatic N) is 1. The van der Waals surface area contributed by atoms with E-state index in [0.717, 1.165) is 15.6 Å². The highest BCUT2D eigenvalue weighted by Gasteiger charge is 2.23. The third kappa shape index (κ3) is 3.31. The first-order chi connectivity index (χ1) is 10.7. The van der Waals surface area contributed by atoms with E-state index in [1.165, 1.54) is 4.90 Å². The molecule has 3 nitrogen and oxygen atoms in total. The number of carbonyl (C=O) groups excluding carboxylic acids is 1. The SMILES string of the molecule is CSc1ccc(/C=C2/N=C(c3ccc(Br)cc3)OC2=O)cc1. The zero-order valence-corrected chi connectivity index (χ0v) is 14.1. The second-order valence-corrected chi connectivity index (χ2v) is 6.41. The number of esters is 1. The molecule has 110 valence electrons. The van der Waals surface area contributed by atoms with Gasteiger partial charge in [-0.25, -0.2) is 9.79 Å². The van der Waals surface area contributed by atoms with Crippen molar-refractivity contribution in [3.8, 4) is 0 Å². The minimum atomic E-state index is -0.424. The summed E-state index contributed by atoms with van der Waals surface area (Å²) in [5, 5.41) is 0. The predicted octanol–water partition coefficient (Wildman–Crippen LogP) is 4.52. The summed E-state index contributed by atoms with van der Waals surface area (Å²) in [4.78, 5) is 17.4. The molecule has 0 aromatic heterocycles. The second kappa shape index (κ2) is 6.50. The third-order valence-corrected chi connectivity index (χ3v) is 4.40. The molecule has 2 aromatic carbocycles. The summed E-state index contributed by atoms with van der Waals surface area (Å²) >= 11 is 5.05. The smallest absolute Gasteiger partial charge is 0.363 e. The van der Waals surface area contributed by atoms with Crippen LogP contribution in [0.1, 0.15) is 11.1 Å². The van der Waals surface area contributed by atoms with Gasteiger partial charge in [0.1, 0.15) is 0 Å². The summed E-state index contributed by atoms with van der Waals surface area (Å²) in [5.74, 6) is -0.0867. The average molecular weight is 374 g/mol. The molecular formula is C17H12BrNO2S. The third-order valence-electron chi connectivity index (χ3n) is 3.13. The fraction of sp³-hybridized carbons (Fsp3) is 0.0588. The molecule has 0 fully saturated rings. The fourth-order valence-corrected chi connectivity index (χ4v) is 2.66. The van der Waals surface area contributed by atoms with E-state index in [2.05, 4.69) is 20.9 Å². The maximum absolute atomic E-state index is 11.9. The van der Waals surface area contributed by atoms with Gasteiger partial charge in [-0.15, -0.1) is 11.8 Å². The van der Waals surface area contributed by atoms with Crippen molar-refractivity contribution >= 4 is 45.6 Å². The van der Waals surface area contributed by atoms with Crippen LogP contribution in [0, 0.1) is 0 Å². The summed E-state index contributed by atoms with van der Waals surface area (Å²) in [6.07, 6.45) is 3.76. The number of cyclic esters (lactones) is 1. The highest BCUT2D eigenvalue weighted by molar-refractivity contribution is 9.10. The quantitative estimate of drug-likeness (QED) is 0.451. The zero-order valence-electron chi connectivity index (χ0n) is 11.7. The van der Waals surface area contributed by atoms with Gasteiger partial charge in [0.25, 0.3) is 0 Å². The van der Waals surface area contributed by atoms with E-state index >= 15 is 0 Å². The highest BCUT2D eigenvalue weighted by atomic mass is 79.9. The molecule has 1 aliphatic rings. The van der Waals surface area contributed by atoms with Crippen LogP contribution in [-0.2, 0) is 9.53 Å². The van der Waals surface area contributed by atoms with Gasteiger partial charge in [0, 0.05) is 14.9 Å². The van der Waals surface area contributed by atoms with Gasteiger partial charge in [-0.1, -0.05) is 28.1 Å². The molecule has 0 saturated carbocycles. The molecule has 1 heterocycles. The molecule has 0 unspecified atom stereocenters. The number of hydrogen-bond donors (Lipinski definition) is 0. The van der Waals surface area contributed by atoms with Crippen LogP contribution in [0.5, 0.6) is 0 Å². The summed E-state index contributed by atoms with van der Waals surface area (Å²) in [6, 6.07) is 15.4.